The molecule has 2 aliphatic rings. The molecule has 0 radical (unpaired) electrons. The smallest absolute Gasteiger partial charge is 0.295 e. The van der Waals surface area contributed by atoms with E-state index in [-0.39, 0.29) is 5.70 Å². The Morgan fingerprint density at radius 2 is 2.16 bits per heavy atom. The Balaban J connectivity index is 1.91. The molecule has 3 rings (SSSR count). The maximum atomic E-state index is 12.0. The summed E-state index contributed by atoms with van der Waals surface area (Å²) in [6.45, 7) is 0. The van der Waals surface area contributed by atoms with Gasteiger partial charge in [0, 0.05) is 0 Å². The number of Topliss-reactive ketones (excluding diaryl/α,β-unsaturated/α-hetero) is 1. The first kappa shape index (κ1) is 11.3. The molecule has 0 aromatic heterocycles. The van der Waals surface area contributed by atoms with Crippen LogP contribution < -0.4 is 10.1 Å². The predicted octanol–water partition coefficient (Wildman–Crippen LogP) is 1.42. The van der Waals surface area contributed by atoms with Gasteiger partial charge in [-0.05, 0) is 24.3 Å². The Hall–Kier alpha value is -2.83. The van der Waals surface area contributed by atoms with Gasteiger partial charge in [-0.15, -0.1) is 10.1 Å². The maximum Gasteiger partial charge on any atom is 0.295 e. The highest BCUT2D eigenvalue weighted by atomic mass is 17.0. The van der Waals surface area contributed by atoms with Gasteiger partial charge in [-0.2, -0.15) is 0 Å². The molecule has 1 aromatic carbocycles. The number of allylic oxidation sites excluding steroid dienone is 1. The molecule has 1 aliphatic heterocycles. The lowest BCUT2D eigenvalue weighted by atomic mass is 10.0. The number of carbonyl (C=O) groups is 1. The highest BCUT2D eigenvalue weighted by Crippen LogP contribution is 2.34. The average Bonchev–Trinajstić information content (AvgIpc) is 2.40. The quantitative estimate of drug-likeness (QED) is 0.638. The number of benzene rings is 1. The first-order valence-corrected chi connectivity index (χ1v) is 5.47. The summed E-state index contributed by atoms with van der Waals surface area (Å²) >= 11 is 0. The van der Waals surface area contributed by atoms with Gasteiger partial charge < -0.3 is 10.1 Å². The summed E-state index contributed by atoms with van der Waals surface area (Å²) in [6, 6.07) is 7.09. The number of para-hydroxylation sites is 2. The number of nitrogens with zero attached hydrogens (tertiary/aromatic N) is 1. The van der Waals surface area contributed by atoms with Crippen molar-refractivity contribution in [3.05, 3.63) is 58.0 Å². The fourth-order valence-corrected chi connectivity index (χ4v) is 1.91. The monoisotopic (exact) mass is 260 g/mol. The van der Waals surface area contributed by atoms with Crippen LogP contribution in [0.5, 0.6) is 5.75 Å². The summed E-state index contributed by atoms with van der Waals surface area (Å²) in [5.41, 5.74) is 0.790. The van der Waals surface area contributed by atoms with Gasteiger partial charge in [0.1, 0.15) is 5.70 Å². The van der Waals surface area contributed by atoms with Crippen molar-refractivity contribution < 1.29 is 19.5 Å². The normalized spacial score (nSPS) is 20.0. The van der Waals surface area contributed by atoms with Crippen molar-refractivity contribution in [2.24, 2.45) is 0 Å². The largest absolute Gasteiger partial charge is 0.453 e. The molecule has 1 aliphatic carbocycles. The summed E-state index contributed by atoms with van der Waals surface area (Å²) in [5, 5.41) is 12.2. The molecule has 19 heavy (non-hydrogen) atoms. The minimum Gasteiger partial charge on any atom is -0.453 e. The summed E-state index contributed by atoms with van der Waals surface area (Å²) in [6.07, 6.45) is 1.53. The summed E-state index contributed by atoms with van der Waals surface area (Å²) < 4.78 is 5.54. The van der Waals surface area contributed by atoms with E-state index < -0.39 is 17.0 Å². The standard InChI is InChI=1S/C12H8N2O5/c15-12-10(19-14(16)17)6-5-9-11(12)13-7-3-1-2-4-8(7)18-9/h1-6,10,13H. The fraction of sp³-hybridized carbons (Fsp3) is 0.0833. The van der Waals surface area contributed by atoms with Crippen molar-refractivity contribution in [1.29, 1.82) is 0 Å². The van der Waals surface area contributed by atoms with Gasteiger partial charge in [-0.1, -0.05) is 12.1 Å². The highest BCUT2D eigenvalue weighted by Gasteiger charge is 2.32. The van der Waals surface area contributed by atoms with E-state index in [1.54, 1.807) is 24.3 Å². The van der Waals surface area contributed by atoms with Crippen LogP contribution in [0.2, 0.25) is 0 Å². The molecule has 1 aromatic rings. The van der Waals surface area contributed by atoms with Crippen LogP contribution in [0.1, 0.15) is 0 Å². The Morgan fingerprint density at radius 3 is 2.95 bits per heavy atom. The third-order valence-corrected chi connectivity index (χ3v) is 2.74. The summed E-state index contributed by atoms with van der Waals surface area (Å²) in [5.74, 6) is 0.378. The SMILES string of the molecule is O=C1C2=C(C=CC1O[N+](=O)[O-])Oc1ccccc1N2. The van der Waals surface area contributed by atoms with Gasteiger partial charge in [0.15, 0.2) is 17.6 Å². The molecule has 0 spiro atoms. The number of carbonyl (C=O) groups excluding carboxylic acids is 1. The van der Waals surface area contributed by atoms with Crippen molar-refractivity contribution in [2.75, 3.05) is 5.32 Å². The second kappa shape index (κ2) is 4.13. The topological polar surface area (TPSA) is 90.7 Å². The zero-order valence-corrected chi connectivity index (χ0v) is 9.53. The number of hydrogen-bond donors (Lipinski definition) is 1. The Labute approximate surface area is 107 Å². The molecule has 0 fully saturated rings. The molecule has 7 heteroatoms. The van der Waals surface area contributed by atoms with Crippen LogP contribution >= 0.6 is 0 Å². The number of anilines is 1. The third-order valence-electron chi connectivity index (χ3n) is 2.74. The molecule has 1 heterocycles. The van der Waals surface area contributed by atoms with Crippen molar-refractivity contribution in [1.82, 2.24) is 0 Å². The van der Waals surface area contributed by atoms with E-state index in [0.717, 1.165) is 0 Å². The van der Waals surface area contributed by atoms with Gasteiger partial charge in [-0.25, -0.2) is 0 Å². The van der Waals surface area contributed by atoms with Gasteiger partial charge in [0.25, 0.3) is 5.09 Å². The van der Waals surface area contributed by atoms with E-state index in [4.69, 9.17) is 4.74 Å². The van der Waals surface area contributed by atoms with E-state index in [1.807, 2.05) is 0 Å². The molecule has 7 nitrogen and oxygen atoms in total. The highest BCUT2D eigenvalue weighted by molar-refractivity contribution is 6.05. The van der Waals surface area contributed by atoms with Crippen molar-refractivity contribution >= 4 is 11.5 Å². The van der Waals surface area contributed by atoms with Gasteiger partial charge >= 0.3 is 0 Å². The van der Waals surface area contributed by atoms with Gasteiger partial charge in [0.2, 0.25) is 5.78 Å². The van der Waals surface area contributed by atoms with Crippen LogP contribution in [-0.4, -0.2) is 17.0 Å². The van der Waals surface area contributed by atoms with E-state index in [9.17, 15) is 14.9 Å². The molecule has 1 N–H and O–H groups in total. The number of nitrogens with one attached hydrogen (secondary N) is 1. The lowest BCUT2D eigenvalue weighted by molar-refractivity contribution is -0.761. The molecule has 0 bridgehead atoms. The molecule has 0 saturated carbocycles. The molecule has 96 valence electrons. The Bertz CT molecular complexity index is 635. The van der Waals surface area contributed by atoms with Crippen LogP contribution in [0, 0.1) is 10.1 Å². The Kier molecular flexibility index (Phi) is 2.45. The number of hydrogen-bond acceptors (Lipinski definition) is 6. The number of fused-ring (bicyclic) bond motifs is 1. The first-order chi connectivity index (χ1) is 9.15. The van der Waals surface area contributed by atoms with Crippen molar-refractivity contribution in [3.8, 4) is 5.75 Å². The molecular formula is C12H8N2O5. The zero-order chi connectivity index (χ0) is 13.4. The lowest BCUT2D eigenvalue weighted by Crippen LogP contribution is -2.34. The third kappa shape index (κ3) is 1.90. The molecular weight excluding hydrogens is 252 g/mol. The van der Waals surface area contributed by atoms with E-state index >= 15 is 0 Å². The second-order valence-electron chi connectivity index (χ2n) is 3.94. The minimum absolute atomic E-state index is 0.160. The van der Waals surface area contributed by atoms with Crippen LogP contribution in [0.3, 0.4) is 0 Å². The Morgan fingerprint density at radius 1 is 1.37 bits per heavy atom. The van der Waals surface area contributed by atoms with Gasteiger partial charge in [0.05, 0.1) is 5.69 Å². The van der Waals surface area contributed by atoms with Crippen molar-refractivity contribution in [3.63, 3.8) is 0 Å². The van der Waals surface area contributed by atoms with E-state index in [1.165, 1.54) is 12.2 Å². The van der Waals surface area contributed by atoms with Crippen LogP contribution in [0.4, 0.5) is 5.69 Å². The van der Waals surface area contributed by atoms with Crippen molar-refractivity contribution in [2.45, 2.75) is 6.10 Å². The number of rotatable bonds is 2. The van der Waals surface area contributed by atoms with Crippen LogP contribution in [-0.2, 0) is 9.63 Å². The maximum absolute atomic E-state index is 12.0. The van der Waals surface area contributed by atoms with E-state index in [2.05, 4.69) is 10.2 Å². The molecule has 1 atom stereocenters. The van der Waals surface area contributed by atoms with Crippen LogP contribution in [0.25, 0.3) is 0 Å². The predicted molar refractivity (Wildman–Crippen MR) is 63.7 cm³/mol. The number of ketones is 1. The van der Waals surface area contributed by atoms with Gasteiger partial charge in [-0.3, -0.25) is 9.63 Å². The average molecular weight is 260 g/mol. The summed E-state index contributed by atoms with van der Waals surface area (Å²) in [4.78, 5) is 26.6. The van der Waals surface area contributed by atoms with E-state index in [0.29, 0.717) is 17.2 Å². The molecule has 0 amide bonds. The lowest BCUT2D eigenvalue weighted by Gasteiger charge is -2.26. The summed E-state index contributed by atoms with van der Waals surface area (Å²) in [7, 11) is 0. The zero-order valence-electron chi connectivity index (χ0n) is 9.53. The first-order valence-electron chi connectivity index (χ1n) is 5.47. The minimum atomic E-state index is -1.24. The second-order valence-corrected chi connectivity index (χ2v) is 3.94. The molecule has 1 unspecified atom stereocenters. The van der Waals surface area contributed by atoms with Crippen LogP contribution in [0.15, 0.2) is 47.9 Å². The number of ether oxygens (including phenoxy) is 1. The fourth-order valence-electron chi connectivity index (χ4n) is 1.91. The molecule has 0 saturated heterocycles.